The number of carbonyl (C=O) groups is 3. The van der Waals surface area contributed by atoms with E-state index in [-0.39, 0.29) is 12.4 Å². The number of esters is 1. The Morgan fingerprint density at radius 1 is 1.11 bits per heavy atom. The zero-order valence-corrected chi connectivity index (χ0v) is 15.6. The van der Waals surface area contributed by atoms with Gasteiger partial charge in [-0.05, 0) is 24.3 Å². The second-order valence-corrected chi connectivity index (χ2v) is 6.97. The summed E-state index contributed by atoms with van der Waals surface area (Å²) >= 11 is 5.91. The van der Waals surface area contributed by atoms with Crippen molar-refractivity contribution < 1.29 is 19.1 Å². The summed E-state index contributed by atoms with van der Waals surface area (Å²) in [5.74, 6) is -1.42. The van der Waals surface area contributed by atoms with Crippen LogP contribution >= 0.6 is 11.6 Å². The fourth-order valence-corrected chi connectivity index (χ4v) is 3.33. The third kappa shape index (κ3) is 3.77. The highest BCUT2D eigenvalue weighted by Gasteiger charge is 2.27. The van der Waals surface area contributed by atoms with Gasteiger partial charge in [-0.3, -0.25) is 19.4 Å². The van der Waals surface area contributed by atoms with Gasteiger partial charge >= 0.3 is 17.8 Å². The summed E-state index contributed by atoms with van der Waals surface area (Å²) in [5.41, 5.74) is 1.86. The van der Waals surface area contributed by atoms with E-state index in [1.807, 2.05) is 24.3 Å². The second-order valence-electron chi connectivity index (χ2n) is 6.53. The molecule has 1 saturated heterocycles. The van der Waals surface area contributed by atoms with Gasteiger partial charge in [0.1, 0.15) is 0 Å². The molecule has 1 fully saturated rings. The van der Waals surface area contributed by atoms with Crippen molar-refractivity contribution in [3.05, 3.63) is 47.2 Å². The molecule has 2 aromatic rings. The molecule has 2 aliphatic heterocycles. The highest BCUT2D eigenvalue weighted by atomic mass is 35.5. The van der Waals surface area contributed by atoms with Crippen molar-refractivity contribution in [2.75, 3.05) is 36.4 Å². The minimum atomic E-state index is -0.744. The second kappa shape index (κ2) is 7.47. The van der Waals surface area contributed by atoms with Crippen molar-refractivity contribution in [3.63, 3.8) is 0 Å². The van der Waals surface area contributed by atoms with Crippen LogP contribution in [0.2, 0.25) is 5.02 Å². The van der Waals surface area contributed by atoms with Crippen molar-refractivity contribution in [2.24, 2.45) is 0 Å². The van der Waals surface area contributed by atoms with E-state index in [0.717, 1.165) is 5.69 Å². The fourth-order valence-electron chi connectivity index (χ4n) is 3.21. The number of rotatable bonds is 2. The largest absolute Gasteiger partial charge is 0.424 e. The molecule has 0 saturated carbocycles. The molecule has 8 nitrogen and oxygen atoms in total. The number of aromatic nitrogens is 1. The van der Waals surface area contributed by atoms with Crippen LogP contribution < -0.4 is 15.0 Å². The van der Waals surface area contributed by atoms with Gasteiger partial charge in [0.05, 0.1) is 24.0 Å². The average molecular weight is 401 g/mol. The number of benzene rings is 1. The van der Waals surface area contributed by atoms with Gasteiger partial charge in [-0.1, -0.05) is 11.6 Å². The molecule has 0 unspecified atom stereocenters. The van der Waals surface area contributed by atoms with Crippen molar-refractivity contribution in [1.29, 1.82) is 0 Å². The summed E-state index contributed by atoms with van der Waals surface area (Å²) in [5, 5.41) is 3.19. The Labute approximate surface area is 166 Å². The molecule has 9 heteroatoms. The number of fused-ring (bicyclic) bond motifs is 1. The monoisotopic (exact) mass is 400 g/mol. The van der Waals surface area contributed by atoms with E-state index in [4.69, 9.17) is 16.3 Å². The molecule has 28 heavy (non-hydrogen) atoms. The molecule has 0 atom stereocenters. The molecule has 3 heterocycles. The Hall–Kier alpha value is -3.13. The Kier molecular flexibility index (Phi) is 4.87. The predicted octanol–water partition coefficient (Wildman–Crippen LogP) is 1.48. The topological polar surface area (TPSA) is 91.8 Å². The Morgan fingerprint density at radius 2 is 1.82 bits per heavy atom. The standard InChI is InChI=1S/C19H17ClN4O4/c20-12-1-3-14(4-2-12)23-5-7-24(8-6-23)19(27)18(26)22-13-9-16-15(21-11-13)10-17(25)28-16/h1-4,9,11H,5-8,10H2,(H,22,26). The Bertz CT molecular complexity index is 939. The molecular weight excluding hydrogens is 384 g/mol. The molecule has 1 N–H and O–H groups in total. The summed E-state index contributed by atoms with van der Waals surface area (Å²) in [6, 6.07) is 9.00. The Morgan fingerprint density at radius 3 is 2.54 bits per heavy atom. The van der Waals surface area contributed by atoms with Gasteiger partial charge in [0.25, 0.3) is 0 Å². The zero-order chi connectivity index (χ0) is 19.7. The molecule has 2 aliphatic rings. The maximum Gasteiger partial charge on any atom is 0.317 e. The van der Waals surface area contributed by atoms with Crippen molar-refractivity contribution >= 4 is 40.8 Å². The first-order chi connectivity index (χ1) is 13.5. The number of hydrogen-bond acceptors (Lipinski definition) is 6. The molecular formula is C19H17ClN4O4. The fraction of sp³-hybridized carbons (Fsp3) is 0.263. The highest BCUT2D eigenvalue weighted by molar-refractivity contribution is 6.39. The van der Waals surface area contributed by atoms with Gasteiger partial charge in [-0.15, -0.1) is 0 Å². The van der Waals surface area contributed by atoms with Crippen LogP contribution in [0.4, 0.5) is 11.4 Å². The number of halogens is 1. The lowest BCUT2D eigenvalue weighted by atomic mass is 10.2. The molecule has 1 aromatic carbocycles. The van der Waals surface area contributed by atoms with Crippen LogP contribution in [-0.4, -0.2) is 53.8 Å². The minimum Gasteiger partial charge on any atom is -0.424 e. The average Bonchev–Trinajstić information content (AvgIpc) is 3.07. The van der Waals surface area contributed by atoms with Crippen molar-refractivity contribution in [3.8, 4) is 5.75 Å². The summed E-state index contributed by atoms with van der Waals surface area (Å²) in [4.78, 5) is 43.8. The molecule has 4 rings (SSSR count). The molecule has 0 aliphatic carbocycles. The van der Waals surface area contributed by atoms with Gasteiger partial charge in [-0.25, -0.2) is 0 Å². The number of piperazine rings is 1. The molecule has 144 valence electrons. The number of ether oxygens (including phenoxy) is 1. The summed E-state index contributed by atoms with van der Waals surface area (Å²) in [7, 11) is 0. The van der Waals surface area contributed by atoms with E-state index in [1.54, 1.807) is 0 Å². The molecule has 0 bridgehead atoms. The van der Waals surface area contributed by atoms with Gasteiger partial charge in [0, 0.05) is 43.0 Å². The number of carbonyl (C=O) groups excluding carboxylic acids is 3. The lowest BCUT2D eigenvalue weighted by molar-refractivity contribution is -0.143. The van der Waals surface area contributed by atoms with Crippen LogP contribution in [0.25, 0.3) is 0 Å². The van der Waals surface area contributed by atoms with E-state index in [9.17, 15) is 14.4 Å². The summed E-state index contributed by atoms with van der Waals surface area (Å²) in [6.45, 7) is 2.12. The maximum atomic E-state index is 12.4. The van der Waals surface area contributed by atoms with Crippen LogP contribution in [0.3, 0.4) is 0 Å². The summed E-state index contributed by atoms with van der Waals surface area (Å²) < 4.78 is 5.01. The number of anilines is 2. The number of hydrogen-bond donors (Lipinski definition) is 1. The van der Waals surface area contributed by atoms with Crippen LogP contribution in [0.15, 0.2) is 36.5 Å². The van der Waals surface area contributed by atoms with Crippen LogP contribution in [0.5, 0.6) is 5.75 Å². The van der Waals surface area contributed by atoms with Gasteiger partial charge < -0.3 is 19.9 Å². The number of nitrogens with one attached hydrogen (secondary N) is 1. The van der Waals surface area contributed by atoms with E-state index >= 15 is 0 Å². The van der Waals surface area contributed by atoms with Gasteiger partial charge in [-0.2, -0.15) is 0 Å². The number of amides is 2. The zero-order valence-electron chi connectivity index (χ0n) is 14.9. The van der Waals surface area contributed by atoms with Crippen LogP contribution in [-0.2, 0) is 20.8 Å². The molecule has 1 aromatic heterocycles. The first-order valence-corrected chi connectivity index (χ1v) is 9.18. The highest BCUT2D eigenvalue weighted by Crippen LogP contribution is 2.26. The quantitative estimate of drug-likeness (QED) is 0.606. The minimum absolute atomic E-state index is 0.111. The van der Waals surface area contributed by atoms with E-state index in [2.05, 4.69) is 15.2 Å². The maximum absolute atomic E-state index is 12.4. The lowest BCUT2D eigenvalue weighted by Gasteiger charge is -2.35. The first kappa shape index (κ1) is 18.2. The number of pyridine rings is 1. The predicted molar refractivity (Wildman–Crippen MR) is 102 cm³/mol. The lowest BCUT2D eigenvalue weighted by Crippen LogP contribution is -2.51. The van der Waals surface area contributed by atoms with Crippen LogP contribution in [0.1, 0.15) is 5.69 Å². The third-order valence-corrected chi connectivity index (χ3v) is 4.93. The van der Waals surface area contributed by atoms with E-state index in [1.165, 1.54) is 17.2 Å². The van der Waals surface area contributed by atoms with Crippen molar-refractivity contribution in [1.82, 2.24) is 9.88 Å². The van der Waals surface area contributed by atoms with Crippen molar-refractivity contribution in [2.45, 2.75) is 6.42 Å². The van der Waals surface area contributed by atoms with Gasteiger partial charge in [0.2, 0.25) is 0 Å². The van der Waals surface area contributed by atoms with E-state index < -0.39 is 11.8 Å². The molecule has 2 amide bonds. The smallest absolute Gasteiger partial charge is 0.317 e. The molecule has 0 spiro atoms. The summed E-state index contributed by atoms with van der Waals surface area (Å²) in [6.07, 6.45) is 1.52. The molecule has 0 radical (unpaired) electrons. The SMILES string of the molecule is O=C1Cc2ncc(NC(=O)C(=O)N3CCN(c4ccc(Cl)cc4)CC3)cc2O1. The van der Waals surface area contributed by atoms with Crippen LogP contribution in [0, 0.1) is 0 Å². The Balaban J connectivity index is 1.34. The van der Waals surface area contributed by atoms with Gasteiger partial charge in [0.15, 0.2) is 5.75 Å². The van der Waals surface area contributed by atoms with E-state index in [0.29, 0.717) is 48.3 Å². The first-order valence-electron chi connectivity index (χ1n) is 8.80. The normalized spacial score (nSPS) is 15.8. The third-order valence-electron chi connectivity index (χ3n) is 4.68. The number of nitrogens with zero attached hydrogens (tertiary/aromatic N) is 3.